The molecule has 1 aromatic carbocycles. The minimum Gasteiger partial charge on any atom is -0.497 e. The highest BCUT2D eigenvalue weighted by Crippen LogP contribution is 2.15. The molecule has 1 aliphatic rings. The van der Waals surface area contributed by atoms with Gasteiger partial charge in [-0.05, 0) is 24.3 Å². The third-order valence-electron chi connectivity index (χ3n) is 2.47. The average Bonchev–Trinajstić information content (AvgIpc) is 2.24. The Labute approximate surface area is 94.9 Å². The summed E-state index contributed by atoms with van der Waals surface area (Å²) >= 11 is 0. The second-order valence-corrected chi connectivity index (χ2v) is 5.37. The Morgan fingerprint density at radius 1 is 1.31 bits per heavy atom. The lowest BCUT2D eigenvalue weighted by Gasteiger charge is -2.27. The van der Waals surface area contributed by atoms with Crippen molar-refractivity contribution < 1.29 is 13.2 Å². The van der Waals surface area contributed by atoms with Crippen molar-refractivity contribution in [3.63, 3.8) is 0 Å². The summed E-state index contributed by atoms with van der Waals surface area (Å²) in [6.07, 6.45) is 0. The van der Waals surface area contributed by atoms with Crippen LogP contribution < -0.4 is 14.8 Å². The van der Waals surface area contributed by atoms with Crippen molar-refractivity contribution in [3.05, 3.63) is 24.3 Å². The normalized spacial score (nSPS) is 16.8. The zero-order chi connectivity index (χ0) is 11.6. The van der Waals surface area contributed by atoms with Crippen LogP contribution in [0.5, 0.6) is 5.75 Å². The fourth-order valence-electron chi connectivity index (χ4n) is 1.41. The molecule has 0 spiro atoms. The lowest BCUT2D eigenvalue weighted by atomic mass is 10.2. The summed E-state index contributed by atoms with van der Waals surface area (Å²) in [6.45, 7) is 1.38. The molecule has 6 heteroatoms. The van der Waals surface area contributed by atoms with Crippen LogP contribution in [0.3, 0.4) is 0 Å². The molecular formula is C10H14N2O3S. The molecule has 1 aromatic rings. The molecule has 2 N–H and O–H groups in total. The molecule has 0 amide bonds. The van der Waals surface area contributed by atoms with Crippen molar-refractivity contribution >= 4 is 10.0 Å². The molecule has 2 rings (SSSR count). The van der Waals surface area contributed by atoms with Crippen LogP contribution in [0, 0.1) is 0 Å². The molecule has 0 atom stereocenters. The van der Waals surface area contributed by atoms with Gasteiger partial charge in [-0.3, -0.25) is 0 Å². The van der Waals surface area contributed by atoms with E-state index in [-0.39, 0.29) is 10.9 Å². The van der Waals surface area contributed by atoms with E-state index in [2.05, 4.69) is 10.0 Å². The maximum absolute atomic E-state index is 11.9. The van der Waals surface area contributed by atoms with E-state index in [4.69, 9.17) is 4.74 Å². The van der Waals surface area contributed by atoms with Gasteiger partial charge in [0.05, 0.1) is 12.0 Å². The van der Waals surface area contributed by atoms with Crippen molar-refractivity contribution in [2.24, 2.45) is 0 Å². The van der Waals surface area contributed by atoms with Gasteiger partial charge in [-0.1, -0.05) is 0 Å². The third kappa shape index (κ3) is 2.34. The molecule has 88 valence electrons. The monoisotopic (exact) mass is 242 g/mol. The van der Waals surface area contributed by atoms with Gasteiger partial charge in [-0.25, -0.2) is 13.1 Å². The van der Waals surface area contributed by atoms with Crippen LogP contribution in [0.4, 0.5) is 0 Å². The first kappa shape index (κ1) is 11.4. The van der Waals surface area contributed by atoms with Crippen molar-refractivity contribution in [1.82, 2.24) is 10.0 Å². The van der Waals surface area contributed by atoms with Gasteiger partial charge in [-0.15, -0.1) is 0 Å². The summed E-state index contributed by atoms with van der Waals surface area (Å²) in [7, 11) is -1.85. The first-order chi connectivity index (χ1) is 7.62. The lowest BCUT2D eigenvalue weighted by Crippen LogP contribution is -2.56. The Morgan fingerprint density at radius 2 is 1.94 bits per heavy atom. The van der Waals surface area contributed by atoms with Crippen LogP contribution in [0.15, 0.2) is 29.2 Å². The van der Waals surface area contributed by atoms with Gasteiger partial charge < -0.3 is 10.1 Å². The topological polar surface area (TPSA) is 67.4 Å². The second kappa shape index (κ2) is 4.40. The number of hydrogen-bond acceptors (Lipinski definition) is 4. The summed E-state index contributed by atoms with van der Waals surface area (Å²) in [5.74, 6) is 0.643. The molecule has 1 aliphatic heterocycles. The van der Waals surface area contributed by atoms with Crippen molar-refractivity contribution in [3.8, 4) is 5.75 Å². The summed E-state index contributed by atoms with van der Waals surface area (Å²) in [5, 5.41) is 3.01. The van der Waals surface area contributed by atoms with E-state index in [1.807, 2.05) is 0 Å². The van der Waals surface area contributed by atoms with Crippen LogP contribution in [0.2, 0.25) is 0 Å². The Kier molecular flexibility index (Phi) is 3.13. The van der Waals surface area contributed by atoms with Crippen LogP contribution in [0.1, 0.15) is 0 Å². The quantitative estimate of drug-likeness (QED) is 0.776. The molecule has 5 nitrogen and oxygen atoms in total. The molecule has 0 radical (unpaired) electrons. The van der Waals surface area contributed by atoms with Gasteiger partial charge >= 0.3 is 0 Å². The SMILES string of the molecule is COc1ccc(S(=O)(=O)NC2CNC2)cc1. The standard InChI is InChI=1S/C10H14N2O3S/c1-15-9-2-4-10(5-3-9)16(13,14)12-8-6-11-7-8/h2-5,8,11-12H,6-7H2,1H3. The fraction of sp³-hybridized carbons (Fsp3) is 0.400. The molecule has 1 fully saturated rings. The molecule has 0 saturated carbocycles. The predicted octanol–water partition coefficient (Wildman–Crippen LogP) is -0.0547. The highest BCUT2D eigenvalue weighted by Gasteiger charge is 2.24. The van der Waals surface area contributed by atoms with E-state index in [0.29, 0.717) is 18.8 Å². The number of hydrogen-bond donors (Lipinski definition) is 2. The molecule has 0 aromatic heterocycles. The number of methoxy groups -OCH3 is 1. The zero-order valence-corrected chi connectivity index (χ0v) is 9.75. The highest BCUT2D eigenvalue weighted by atomic mass is 32.2. The van der Waals surface area contributed by atoms with Crippen molar-refractivity contribution in [2.45, 2.75) is 10.9 Å². The van der Waals surface area contributed by atoms with E-state index in [1.165, 1.54) is 12.1 Å². The highest BCUT2D eigenvalue weighted by molar-refractivity contribution is 7.89. The Morgan fingerprint density at radius 3 is 2.38 bits per heavy atom. The number of benzene rings is 1. The molecule has 0 bridgehead atoms. The number of rotatable bonds is 4. The molecule has 1 heterocycles. The Hall–Kier alpha value is -1.11. The zero-order valence-electron chi connectivity index (χ0n) is 8.93. The van der Waals surface area contributed by atoms with Gasteiger partial charge in [0.15, 0.2) is 0 Å². The minimum atomic E-state index is -3.39. The maximum Gasteiger partial charge on any atom is 0.240 e. The third-order valence-corrected chi connectivity index (χ3v) is 4.01. The largest absolute Gasteiger partial charge is 0.497 e. The van der Waals surface area contributed by atoms with Gasteiger partial charge in [0.1, 0.15) is 5.75 Å². The molecular weight excluding hydrogens is 228 g/mol. The molecule has 16 heavy (non-hydrogen) atoms. The van der Waals surface area contributed by atoms with Gasteiger partial charge in [0, 0.05) is 19.1 Å². The smallest absolute Gasteiger partial charge is 0.240 e. The van der Waals surface area contributed by atoms with Gasteiger partial charge in [0.25, 0.3) is 0 Å². The van der Waals surface area contributed by atoms with E-state index in [9.17, 15) is 8.42 Å². The van der Waals surface area contributed by atoms with Gasteiger partial charge in [-0.2, -0.15) is 0 Å². The van der Waals surface area contributed by atoms with E-state index in [1.54, 1.807) is 19.2 Å². The minimum absolute atomic E-state index is 0.00658. The maximum atomic E-state index is 11.9. The average molecular weight is 242 g/mol. The Balaban J connectivity index is 2.14. The van der Waals surface area contributed by atoms with Crippen LogP contribution >= 0.6 is 0 Å². The van der Waals surface area contributed by atoms with E-state index in [0.717, 1.165) is 0 Å². The van der Waals surface area contributed by atoms with E-state index >= 15 is 0 Å². The first-order valence-electron chi connectivity index (χ1n) is 4.99. The van der Waals surface area contributed by atoms with Crippen molar-refractivity contribution in [2.75, 3.05) is 20.2 Å². The summed E-state index contributed by atoms with van der Waals surface area (Å²) < 4.78 is 31.3. The fourth-order valence-corrected chi connectivity index (χ4v) is 2.65. The molecule has 0 unspecified atom stereocenters. The lowest BCUT2D eigenvalue weighted by molar-refractivity contribution is 0.409. The first-order valence-corrected chi connectivity index (χ1v) is 6.47. The predicted molar refractivity (Wildman–Crippen MR) is 60.0 cm³/mol. The summed E-state index contributed by atoms with van der Waals surface area (Å²) in [6, 6.07) is 6.34. The summed E-state index contributed by atoms with van der Waals surface area (Å²) in [4.78, 5) is 0.264. The Bertz CT molecular complexity index is 451. The number of nitrogens with one attached hydrogen (secondary N) is 2. The molecule has 0 aliphatic carbocycles. The van der Waals surface area contributed by atoms with Crippen LogP contribution in [-0.2, 0) is 10.0 Å². The number of sulfonamides is 1. The van der Waals surface area contributed by atoms with Gasteiger partial charge in [0.2, 0.25) is 10.0 Å². The number of ether oxygens (including phenoxy) is 1. The van der Waals surface area contributed by atoms with E-state index < -0.39 is 10.0 Å². The molecule has 1 saturated heterocycles. The van der Waals surface area contributed by atoms with Crippen molar-refractivity contribution in [1.29, 1.82) is 0 Å². The second-order valence-electron chi connectivity index (χ2n) is 3.65. The van der Waals surface area contributed by atoms with Crippen LogP contribution in [-0.4, -0.2) is 34.7 Å². The summed E-state index contributed by atoms with van der Waals surface area (Å²) in [5.41, 5.74) is 0. The van der Waals surface area contributed by atoms with Crippen LogP contribution in [0.25, 0.3) is 0 Å².